The first-order valence-electron chi connectivity index (χ1n) is 3.74. The maximum Gasteiger partial charge on any atom is 0.0993 e. The predicted octanol–water partition coefficient (Wildman–Crippen LogP) is -2.47. The second-order valence-electron chi connectivity index (χ2n) is 2.90. The first-order valence-corrected chi connectivity index (χ1v) is 3.74. The normalized spacial score (nSPS) is 45.8. The van der Waals surface area contributed by atoms with Crippen LogP contribution in [0.3, 0.4) is 0 Å². The number of hydrazine groups is 1. The molecule has 0 aromatic rings. The fourth-order valence-electron chi connectivity index (χ4n) is 1.14. The number of hydrogen-bond donors (Lipinski definition) is 5. The largest absolute Gasteiger partial charge is 0.389 e. The van der Waals surface area contributed by atoms with Crippen LogP contribution in [0.2, 0.25) is 0 Å². The van der Waals surface area contributed by atoms with Gasteiger partial charge in [0.2, 0.25) is 0 Å². The second-order valence-corrected chi connectivity index (χ2v) is 2.90. The van der Waals surface area contributed by atoms with Gasteiger partial charge in [-0.05, 0) is 6.92 Å². The molecule has 1 saturated heterocycles. The highest BCUT2D eigenvalue weighted by Crippen LogP contribution is 2.07. The molecular weight excluding hydrogens is 146 g/mol. The number of hydrogen-bond acceptors (Lipinski definition) is 5. The van der Waals surface area contributed by atoms with Crippen molar-refractivity contribution in [1.29, 1.82) is 0 Å². The van der Waals surface area contributed by atoms with Crippen LogP contribution in [0.15, 0.2) is 0 Å². The highest BCUT2D eigenvalue weighted by atomic mass is 16.3. The van der Waals surface area contributed by atoms with Gasteiger partial charge < -0.3 is 15.9 Å². The van der Waals surface area contributed by atoms with Crippen molar-refractivity contribution in [3.63, 3.8) is 0 Å². The molecule has 0 spiro atoms. The third-order valence-corrected chi connectivity index (χ3v) is 2.02. The van der Waals surface area contributed by atoms with Gasteiger partial charge in [0.1, 0.15) is 0 Å². The van der Waals surface area contributed by atoms with Crippen LogP contribution in [0.1, 0.15) is 6.92 Å². The van der Waals surface area contributed by atoms with Crippen LogP contribution in [0.4, 0.5) is 0 Å². The Bertz CT molecular complexity index is 131. The average Bonchev–Trinajstić information content (AvgIpc) is 2.01. The van der Waals surface area contributed by atoms with Crippen LogP contribution in [-0.2, 0) is 0 Å². The standard InChI is InChI=1S/C6H15N3O2/c1-3-5(10)6(11)4(2-7)9-8-3/h3-6,8-11H,2,7H2,1H3/t3-,4+,5-,6+/m1/s1. The molecular formula is C6H15N3O2. The number of nitrogens with one attached hydrogen (secondary N) is 2. The predicted molar refractivity (Wildman–Crippen MR) is 40.6 cm³/mol. The zero-order chi connectivity index (χ0) is 8.43. The molecule has 5 heteroatoms. The van der Waals surface area contributed by atoms with Gasteiger partial charge in [0.15, 0.2) is 0 Å². The van der Waals surface area contributed by atoms with E-state index >= 15 is 0 Å². The zero-order valence-electron chi connectivity index (χ0n) is 6.49. The molecule has 0 amide bonds. The smallest absolute Gasteiger partial charge is 0.0993 e. The van der Waals surface area contributed by atoms with Crippen molar-refractivity contribution < 1.29 is 10.2 Å². The number of rotatable bonds is 1. The van der Waals surface area contributed by atoms with Crippen LogP contribution in [0.5, 0.6) is 0 Å². The van der Waals surface area contributed by atoms with E-state index < -0.39 is 12.2 Å². The maximum atomic E-state index is 9.38. The minimum atomic E-state index is -0.781. The summed E-state index contributed by atoms with van der Waals surface area (Å²) < 4.78 is 0. The summed E-state index contributed by atoms with van der Waals surface area (Å²) in [6.45, 7) is 2.09. The lowest BCUT2D eigenvalue weighted by Crippen LogP contribution is -2.66. The van der Waals surface area contributed by atoms with Gasteiger partial charge in [0, 0.05) is 12.6 Å². The van der Waals surface area contributed by atoms with Gasteiger partial charge in [-0.1, -0.05) is 0 Å². The Morgan fingerprint density at radius 1 is 1.27 bits per heavy atom. The highest BCUT2D eigenvalue weighted by Gasteiger charge is 2.33. The highest BCUT2D eigenvalue weighted by molar-refractivity contribution is 4.90. The lowest BCUT2D eigenvalue weighted by Gasteiger charge is -2.37. The molecule has 0 aromatic carbocycles. The molecule has 5 nitrogen and oxygen atoms in total. The summed E-state index contributed by atoms with van der Waals surface area (Å²) in [5, 5.41) is 18.7. The summed E-state index contributed by atoms with van der Waals surface area (Å²) in [6.07, 6.45) is -1.53. The molecule has 1 aliphatic rings. The molecule has 0 radical (unpaired) electrons. The van der Waals surface area contributed by atoms with E-state index in [0.29, 0.717) is 6.54 Å². The van der Waals surface area contributed by atoms with E-state index in [-0.39, 0.29) is 12.1 Å². The molecule has 0 bridgehead atoms. The molecule has 6 N–H and O–H groups in total. The van der Waals surface area contributed by atoms with Gasteiger partial charge >= 0.3 is 0 Å². The third-order valence-electron chi connectivity index (χ3n) is 2.02. The first-order chi connectivity index (χ1) is 5.16. The number of aliphatic hydroxyl groups is 2. The van der Waals surface area contributed by atoms with Crippen LogP contribution >= 0.6 is 0 Å². The van der Waals surface area contributed by atoms with Gasteiger partial charge in [-0.15, -0.1) is 0 Å². The second kappa shape index (κ2) is 3.46. The van der Waals surface area contributed by atoms with Crippen LogP contribution in [0, 0.1) is 0 Å². The van der Waals surface area contributed by atoms with Crippen LogP contribution in [0.25, 0.3) is 0 Å². The Morgan fingerprint density at radius 2 is 1.91 bits per heavy atom. The van der Waals surface area contributed by atoms with Crippen LogP contribution in [-0.4, -0.2) is 41.0 Å². The summed E-state index contributed by atoms with van der Waals surface area (Å²) >= 11 is 0. The molecule has 1 heterocycles. The van der Waals surface area contributed by atoms with Crippen molar-refractivity contribution >= 4 is 0 Å². The molecule has 0 saturated carbocycles. The molecule has 1 fully saturated rings. The lowest BCUT2D eigenvalue weighted by atomic mass is 9.99. The minimum Gasteiger partial charge on any atom is -0.389 e. The molecule has 66 valence electrons. The molecule has 0 aromatic heterocycles. The van der Waals surface area contributed by atoms with Crippen LogP contribution < -0.4 is 16.6 Å². The molecule has 1 aliphatic heterocycles. The Morgan fingerprint density at radius 3 is 2.45 bits per heavy atom. The number of nitrogens with two attached hydrogens (primary N) is 1. The van der Waals surface area contributed by atoms with E-state index in [4.69, 9.17) is 5.73 Å². The van der Waals surface area contributed by atoms with Gasteiger partial charge in [0.05, 0.1) is 18.2 Å². The summed E-state index contributed by atoms with van der Waals surface area (Å²) in [4.78, 5) is 0. The van der Waals surface area contributed by atoms with E-state index in [0.717, 1.165) is 0 Å². The quantitative estimate of drug-likeness (QED) is 0.294. The van der Waals surface area contributed by atoms with Gasteiger partial charge in [-0.2, -0.15) is 0 Å². The lowest BCUT2D eigenvalue weighted by molar-refractivity contribution is -0.0510. The molecule has 0 aliphatic carbocycles. The zero-order valence-corrected chi connectivity index (χ0v) is 6.49. The first kappa shape index (κ1) is 8.89. The van der Waals surface area contributed by atoms with Gasteiger partial charge in [0.25, 0.3) is 0 Å². The fourth-order valence-corrected chi connectivity index (χ4v) is 1.14. The van der Waals surface area contributed by atoms with E-state index in [1.165, 1.54) is 0 Å². The number of aliphatic hydroxyl groups excluding tert-OH is 2. The maximum absolute atomic E-state index is 9.38. The van der Waals surface area contributed by atoms with Crippen molar-refractivity contribution in [1.82, 2.24) is 10.9 Å². The van der Waals surface area contributed by atoms with Crippen molar-refractivity contribution in [2.45, 2.75) is 31.2 Å². The topological polar surface area (TPSA) is 90.5 Å². The molecule has 11 heavy (non-hydrogen) atoms. The Hall–Kier alpha value is -0.200. The van der Waals surface area contributed by atoms with Crippen molar-refractivity contribution in [3.8, 4) is 0 Å². The van der Waals surface area contributed by atoms with Gasteiger partial charge in [-0.3, -0.25) is 10.9 Å². The van der Waals surface area contributed by atoms with Crippen molar-refractivity contribution in [2.24, 2.45) is 5.73 Å². The van der Waals surface area contributed by atoms with Crippen molar-refractivity contribution in [3.05, 3.63) is 0 Å². The van der Waals surface area contributed by atoms with E-state index in [1.807, 2.05) is 0 Å². The van der Waals surface area contributed by atoms with E-state index in [1.54, 1.807) is 6.92 Å². The minimum absolute atomic E-state index is 0.146. The van der Waals surface area contributed by atoms with E-state index in [9.17, 15) is 10.2 Å². The SMILES string of the molecule is C[C@H]1NN[C@@H](CN)[C@H](O)[C@@H]1O. The third kappa shape index (κ3) is 1.69. The molecule has 1 rings (SSSR count). The molecule has 0 unspecified atom stereocenters. The molecule has 4 atom stereocenters. The summed E-state index contributed by atoms with van der Waals surface area (Å²) in [5.74, 6) is 0. The summed E-state index contributed by atoms with van der Waals surface area (Å²) in [5.41, 5.74) is 11.0. The summed E-state index contributed by atoms with van der Waals surface area (Å²) in [6, 6.07) is -0.408. The Balaban J connectivity index is 2.52. The van der Waals surface area contributed by atoms with Gasteiger partial charge in [-0.25, -0.2) is 0 Å². The Kier molecular flexibility index (Phi) is 2.80. The summed E-state index contributed by atoms with van der Waals surface area (Å²) in [7, 11) is 0. The average molecular weight is 161 g/mol. The van der Waals surface area contributed by atoms with E-state index in [2.05, 4.69) is 10.9 Å². The monoisotopic (exact) mass is 161 g/mol. The Labute approximate surface area is 65.6 Å². The van der Waals surface area contributed by atoms with Crippen molar-refractivity contribution in [2.75, 3.05) is 6.54 Å². The fraction of sp³-hybridized carbons (Fsp3) is 1.00.